The number of aromatic hydroxyl groups is 1. The van der Waals surface area contributed by atoms with Crippen molar-refractivity contribution in [3.05, 3.63) is 23.4 Å². The van der Waals surface area contributed by atoms with Gasteiger partial charge in [0, 0.05) is 35.5 Å². The van der Waals surface area contributed by atoms with E-state index >= 15 is 0 Å². The minimum absolute atomic E-state index is 0.0116. The highest BCUT2D eigenvalue weighted by Gasteiger charge is 2.28. The van der Waals surface area contributed by atoms with E-state index in [2.05, 4.69) is 25.8 Å². The Balaban J connectivity index is 1.47. The van der Waals surface area contributed by atoms with Crippen molar-refractivity contribution in [2.75, 3.05) is 11.9 Å². The molecule has 3 N–H and O–H groups in total. The summed E-state index contributed by atoms with van der Waals surface area (Å²) in [4.78, 5) is 16.9. The highest BCUT2D eigenvalue weighted by molar-refractivity contribution is 5.79. The molecule has 1 amide bonds. The number of carbonyl (C=O) groups excluding carboxylic acids is 1. The van der Waals surface area contributed by atoms with Crippen LogP contribution in [0, 0.1) is 12.8 Å². The molecular formula is C22H29N5O3. The number of carbonyl (C=O) groups is 1. The summed E-state index contributed by atoms with van der Waals surface area (Å²) in [5.41, 5.74) is 2.67. The largest absolute Gasteiger partial charge is 0.507 e. The van der Waals surface area contributed by atoms with Gasteiger partial charge < -0.3 is 20.5 Å². The van der Waals surface area contributed by atoms with Gasteiger partial charge in [-0.05, 0) is 52.2 Å². The smallest absolute Gasteiger partial charge is 0.243 e. The lowest BCUT2D eigenvalue weighted by Gasteiger charge is -2.29. The molecule has 1 fully saturated rings. The van der Waals surface area contributed by atoms with Crippen LogP contribution >= 0.6 is 0 Å². The van der Waals surface area contributed by atoms with E-state index in [1.54, 1.807) is 6.07 Å². The first kappa shape index (κ1) is 20.4. The number of phenols is 1. The molecule has 4 rings (SSSR count). The minimum atomic E-state index is 0.0116. The van der Waals surface area contributed by atoms with Gasteiger partial charge >= 0.3 is 0 Å². The van der Waals surface area contributed by atoms with E-state index in [4.69, 9.17) is 4.74 Å². The van der Waals surface area contributed by atoms with Crippen molar-refractivity contribution in [3.63, 3.8) is 0 Å². The van der Waals surface area contributed by atoms with Crippen LogP contribution in [0.3, 0.4) is 0 Å². The Kier molecular flexibility index (Phi) is 5.74. The number of hydrogen-bond acceptors (Lipinski definition) is 7. The van der Waals surface area contributed by atoms with Gasteiger partial charge in [0.05, 0.1) is 12.3 Å². The van der Waals surface area contributed by atoms with E-state index < -0.39 is 0 Å². The van der Waals surface area contributed by atoms with E-state index in [0.29, 0.717) is 35.9 Å². The van der Waals surface area contributed by atoms with Crippen molar-refractivity contribution in [3.8, 4) is 22.8 Å². The third kappa shape index (κ3) is 4.17. The maximum Gasteiger partial charge on any atom is 0.243 e. The molecule has 1 aliphatic carbocycles. The first-order valence-corrected chi connectivity index (χ1v) is 10.7. The second kappa shape index (κ2) is 8.45. The van der Waals surface area contributed by atoms with Crippen LogP contribution in [0.15, 0.2) is 12.1 Å². The van der Waals surface area contributed by atoms with E-state index in [1.165, 1.54) is 0 Å². The average Bonchev–Trinajstić information content (AvgIpc) is 3.18. The fraction of sp³-hybridized carbons (Fsp3) is 0.545. The molecule has 0 saturated heterocycles. The highest BCUT2D eigenvalue weighted by atomic mass is 16.5. The van der Waals surface area contributed by atoms with Crippen molar-refractivity contribution in [2.24, 2.45) is 5.92 Å². The normalized spacial score (nSPS) is 20.5. The maximum absolute atomic E-state index is 12.4. The zero-order valence-electron chi connectivity index (χ0n) is 17.7. The Labute approximate surface area is 176 Å². The van der Waals surface area contributed by atoms with Crippen LogP contribution in [-0.4, -0.2) is 44.9 Å². The molecule has 1 aliphatic heterocycles. The molecule has 0 bridgehead atoms. The topological polar surface area (TPSA) is 109 Å². The van der Waals surface area contributed by atoms with Gasteiger partial charge in [0.25, 0.3) is 0 Å². The predicted molar refractivity (Wildman–Crippen MR) is 114 cm³/mol. The number of phenolic OH excluding ortho intramolecular Hbond substituents is 1. The predicted octanol–water partition coefficient (Wildman–Crippen LogP) is 2.98. The molecule has 160 valence electrons. The van der Waals surface area contributed by atoms with E-state index in [0.717, 1.165) is 37.0 Å². The van der Waals surface area contributed by atoms with Crippen LogP contribution in [0.2, 0.25) is 0 Å². The Morgan fingerprint density at radius 3 is 2.87 bits per heavy atom. The molecule has 2 heterocycles. The van der Waals surface area contributed by atoms with Gasteiger partial charge in [-0.15, -0.1) is 10.2 Å². The lowest BCUT2D eigenvalue weighted by Crippen LogP contribution is -2.40. The Morgan fingerprint density at radius 2 is 2.10 bits per heavy atom. The van der Waals surface area contributed by atoms with Crippen LogP contribution in [0.1, 0.15) is 50.8 Å². The number of nitrogens with one attached hydrogen (secondary N) is 2. The molecule has 0 radical (unpaired) electrons. The lowest BCUT2D eigenvalue weighted by molar-refractivity contribution is -0.126. The molecule has 8 nitrogen and oxygen atoms in total. The third-order valence-electron chi connectivity index (χ3n) is 5.77. The summed E-state index contributed by atoms with van der Waals surface area (Å²) in [6, 6.07) is 3.94. The molecule has 1 aromatic heterocycles. The van der Waals surface area contributed by atoms with Crippen LogP contribution < -0.4 is 15.4 Å². The summed E-state index contributed by atoms with van der Waals surface area (Å²) in [7, 11) is 0. The maximum atomic E-state index is 12.4. The Bertz CT molecular complexity index is 947. The summed E-state index contributed by atoms with van der Waals surface area (Å²) in [5.74, 6) is 1.50. The first-order valence-electron chi connectivity index (χ1n) is 10.7. The van der Waals surface area contributed by atoms with Crippen molar-refractivity contribution in [2.45, 2.75) is 65.0 Å². The summed E-state index contributed by atoms with van der Waals surface area (Å²) in [6.45, 7) is 6.39. The number of aromatic nitrogens is 3. The number of anilines is 1. The fourth-order valence-corrected chi connectivity index (χ4v) is 4.31. The van der Waals surface area contributed by atoms with Crippen molar-refractivity contribution >= 4 is 11.9 Å². The number of rotatable bonds is 5. The molecule has 0 spiro atoms. The molecule has 2 aromatic rings. The van der Waals surface area contributed by atoms with Gasteiger partial charge in [-0.25, -0.2) is 4.98 Å². The average molecular weight is 412 g/mol. The van der Waals surface area contributed by atoms with E-state index in [9.17, 15) is 9.90 Å². The first-order chi connectivity index (χ1) is 14.4. The standard InChI is InChI=1S/C22H29N5O3/c1-12(2)23-21(29)14-5-4-6-15(11-14)25-22-24-13(3)19(26-27-22)17-7-8-18-16(20(17)28)9-10-30-18/h7-8,12,14-15,28H,4-6,9-11H2,1-3H3,(H,23,29)(H,24,25,27)/t14-,15+/m1/s1. The zero-order valence-corrected chi connectivity index (χ0v) is 17.7. The zero-order chi connectivity index (χ0) is 21.3. The molecule has 2 atom stereocenters. The highest BCUT2D eigenvalue weighted by Crippen LogP contribution is 2.40. The van der Waals surface area contributed by atoms with Crippen molar-refractivity contribution in [1.29, 1.82) is 0 Å². The van der Waals surface area contributed by atoms with Crippen LogP contribution in [-0.2, 0) is 11.2 Å². The van der Waals surface area contributed by atoms with E-state index in [1.807, 2.05) is 26.8 Å². The number of nitrogens with zero attached hydrogens (tertiary/aromatic N) is 3. The number of benzene rings is 1. The lowest BCUT2D eigenvalue weighted by atomic mass is 9.85. The molecule has 2 aliphatic rings. The van der Waals surface area contributed by atoms with E-state index in [-0.39, 0.29) is 29.7 Å². The van der Waals surface area contributed by atoms with Crippen LogP contribution in [0.25, 0.3) is 11.3 Å². The second-order valence-electron chi connectivity index (χ2n) is 8.47. The monoisotopic (exact) mass is 411 g/mol. The summed E-state index contributed by atoms with van der Waals surface area (Å²) in [6.07, 6.45) is 4.32. The van der Waals surface area contributed by atoms with Gasteiger partial charge in [-0.3, -0.25) is 4.79 Å². The van der Waals surface area contributed by atoms with Gasteiger partial charge in [0.2, 0.25) is 11.9 Å². The number of fused-ring (bicyclic) bond motifs is 1. The Morgan fingerprint density at radius 1 is 1.27 bits per heavy atom. The third-order valence-corrected chi connectivity index (χ3v) is 5.77. The molecule has 0 unspecified atom stereocenters. The van der Waals surface area contributed by atoms with Gasteiger partial charge in [0.15, 0.2) is 0 Å². The summed E-state index contributed by atoms with van der Waals surface area (Å²) in [5, 5.41) is 25.6. The number of amides is 1. The van der Waals surface area contributed by atoms with Crippen LogP contribution in [0.5, 0.6) is 11.5 Å². The minimum Gasteiger partial charge on any atom is -0.507 e. The van der Waals surface area contributed by atoms with Gasteiger partial charge in [-0.1, -0.05) is 6.42 Å². The SMILES string of the molecule is Cc1nc(N[C@H]2CCC[C@@H](C(=O)NC(C)C)C2)nnc1-c1ccc2c(c1O)CCO2. The summed E-state index contributed by atoms with van der Waals surface area (Å²) >= 11 is 0. The summed E-state index contributed by atoms with van der Waals surface area (Å²) < 4.78 is 5.50. The van der Waals surface area contributed by atoms with Gasteiger partial charge in [-0.2, -0.15) is 0 Å². The van der Waals surface area contributed by atoms with Crippen molar-refractivity contribution in [1.82, 2.24) is 20.5 Å². The molecule has 1 saturated carbocycles. The van der Waals surface area contributed by atoms with Gasteiger partial charge in [0.1, 0.15) is 17.2 Å². The molecule has 1 aromatic carbocycles. The molecule has 30 heavy (non-hydrogen) atoms. The van der Waals surface area contributed by atoms with Crippen LogP contribution in [0.4, 0.5) is 5.95 Å². The fourth-order valence-electron chi connectivity index (χ4n) is 4.31. The number of ether oxygens (including phenoxy) is 1. The van der Waals surface area contributed by atoms with Crippen molar-refractivity contribution < 1.29 is 14.6 Å². The Hall–Kier alpha value is -2.90. The quantitative estimate of drug-likeness (QED) is 0.694. The number of hydrogen-bond donors (Lipinski definition) is 3. The molecule has 8 heteroatoms. The number of aryl methyl sites for hydroxylation is 1. The molecular weight excluding hydrogens is 382 g/mol. The second-order valence-corrected chi connectivity index (χ2v) is 8.47.